The summed E-state index contributed by atoms with van der Waals surface area (Å²) in [5.41, 5.74) is 3.05. The second-order valence-electron chi connectivity index (χ2n) is 4.08. The maximum atomic E-state index is 6.36. The summed E-state index contributed by atoms with van der Waals surface area (Å²) in [6.07, 6.45) is 0.884. The van der Waals surface area contributed by atoms with E-state index in [1.165, 1.54) is 0 Å². The van der Waals surface area contributed by atoms with Crippen molar-refractivity contribution in [3.8, 4) is 5.13 Å². The normalized spacial score (nSPS) is 11.3. The third-order valence-corrected chi connectivity index (χ3v) is 4.34. The Morgan fingerprint density at radius 3 is 2.78 bits per heavy atom. The molecule has 18 heavy (non-hydrogen) atoms. The van der Waals surface area contributed by atoms with Gasteiger partial charge in [0.25, 0.3) is 0 Å². The van der Waals surface area contributed by atoms with E-state index in [2.05, 4.69) is 23.1 Å². The third kappa shape index (κ3) is 1.72. The number of nitrogens with zero attached hydrogens (tertiary/aromatic N) is 3. The van der Waals surface area contributed by atoms with Crippen molar-refractivity contribution in [1.82, 2.24) is 14.8 Å². The Bertz CT molecular complexity index is 681. The van der Waals surface area contributed by atoms with Gasteiger partial charge >= 0.3 is 0 Å². The number of aromatic nitrogens is 3. The van der Waals surface area contributed by atoms with Crippen molar-refractivity contribution in [3.05, 3.63) is 40.7 Å². The summed E-state index contributed by atoms with van der Waals surface area (Å²) in [5.74, 6) is 0. The lowest BCUT2D eigenvalue weighted by molar-refractivity contribution is 0.856. The fourth-order valence-corrected chi connectivity index (χ4v) is 3.37. The molecule has 1 aromatic carbocycles. The summed E-state index contributed by atoms with van der Waals surface area (Å²) in [5, 5.41) is 5.98. The van der Waals surface area contributed by atoms with Crippen molar-refractivity contribution in [1.29, 1.82) is 0 Å². The van der Waals surface area contributed by atoms with E-state index in [4.69, 9.17) is 11.6 Å². The largest absolute Gasteiger partial charge is 0.218 e. The van der Waals surface area contributed by atoms with Gasteiger partial charge in [-0.15, -0.1) is 0 Å². The summed E-state index contributed by atoms with van der Waals surface area (Å²) in [6.45, 7) is 4.06. The number of fused-ring (bicyclic) bond motifs is 1. The molecular formula is C13H12ClN3S. The van der Waals surface area contributed by atoms with Crippen molar-refractivity contribution < 1.29 is 0 Å². The number of para-hydroxylation sites is 1. The zero-order valence-electron chi connectivity index (χ0n) is 10.1. The van der Waals surface area contributed by atoms with Crippen LogP contribution in [0.5, 0.6) is 0 Å². The zero-order chi connectivity index (χ0) is 12.7. The van der Waals surface area contributed by atoms with Crippen LogP contribution < -0.4 is 0 Å². The number of hydrogen-bond acceptors (Lipinski definition) is 3. The summed E-state index contributed by atoms with van der Waals surface area (Å²) < 4.78 is 2.88. The SMILES string of the molecule is CCc1c(C)nn(-c2nc3ccccc3s2)c1Cl. The van der Waals surface area contributed by atoms with Crippen LogP contribution in [0.25, 0.3) is 15.3 Å². The zero-order valence-corrected chi connectivity index (χ0v) is 11.7. The van der Waals surface area contributed by atoms with Gasteiger partial charge in [-0.1, -0.05) is 42.0 Å². The molecule has 92 valence electrons. The van der Waals surface area contributed by atoms with Crippen molar-refractivity contribution in [2.45, 2.75) is 20.3 Å². The third-order valence-electron chi connectivity index (χ3n) is 2.94. The van der Waals surface area contributed by atoms with Crippen LogP contribution in [0.4, 0.5) is 0 Å². The van der Waals surface area contributed by atoms with Crippen molar-refractivity contribution in [2.75, 3.05) is 0 Å². The molecule has 2 heterocycles. The Hall–Kier alpha value is -1.39. The van der Waals surface area contributed by atoms with Gasteiger partial charge in [0.05, 0.1) is 15.9 Å². The molecule has 2 aromatic heterocycles. The lowest BCUT2D eigenvalue weighted by Crippen LogP contribution is -1.95. The van der Waals surface area contributed by atoms with Crippen LogP contribution in [0.1, 0.15) is 18.2 Å². The van der Waals surface area contributed by atoms with E-state index in [0.29, 0.717) is 5.15 Å². The molecule has 0 amide bonds. The van der Waals surface area contributed by atoms with Gasteiger partial charge in [-0.2, -0.15) is 9.78 Å². The van der Waals surface area contributed by atoms with E-state index in [1.54, 1.807) is 16.0 Å². The van der Waals surface area contributed by atoms with Gasteiger partial charge in [-0.3, -0.25) is 0 Å². The molecule has 0 atom stereocenters. The van der Waals surface area contributed by atoms with Gasteiger partial charge < -0.3 is 0 Å². The van der Waals surface area contributed by atoms with E-state index in [1.807, 2.05) is 25.1 Å². The fraction of sp³-hybridized carbons (Fsp3) is 0.231. The molecule has 0 fully saturated rings. The molecule has 5 heteroatoms. The summed E-state index contributed by atoms with van der Waals surface area (Å²) in [7, 11) is 0. The molecule has 0 aliphatic rings. The molecular weight excluding hydrogens is 266 g/mol. The number of halogens is 1. The first kappa shape index (κ1) is 11.7. The summed E-state index contributed by atoms with van der Waals surface area (Å²) in [4.78, 5) is 4.57. The van der Waals surface area contributed by atoms with Crippen molar-refractivity contribution >= 4 is 33.2 Å². The van der Waals surface area contributed by atoms with Gasteiger partial charge in [0.1, 0.15) is 5.15 Å². The second kappa shape index (κ2) is 4.37. The topological polar surface area (TPSA) is 30.7 Å². The molecule has 0 spiro atoms. The highest BCUT2D eigenvalue weighted by Crippen LogP contribution is 2.29. The number of hydrogen-bond donors (Lipinski definition) is 0. The van der Waals surface area contributed by atoms with Crippen LogP contribution in [0.15, 0.2) is 24.3 Å². The molecule has 0 unspecified atom stereocenters. The van der Waals surface area contributed by atoms with Crippen LogP contribution >= 0.6 is 22.9 Å². The first-order valence-corrected chi connectivity index (χ1v) is 7.00. The molecule has 0 radical (unpaired) electrons. The minimum absolute atomic E-state index is 0.675. The van der Waals surface area contributed by atoms with E-state index >= 15 is 0 Å². The molecule has 3 rings (SSSR count). The Morgan fingerprint density at radius 2 is 2.11 bits per heavy atom. The van der Waals surface area contributed by atoms with Crippen LogP contribution in [0, 0.1) is 6.92 Å². The van der Waals surface area contributed by atoms with Crippen LogP contribution in [0.2, 0.25) is 5.15 Å². The highest BCUT2D eigenvalue weighted by molar-refractivity contribution is 7.20. The van der Waals surface area contributed by atoms with Crippen molar-refractivity contribution in [2.24, 2.45) is 0 Å². The smallest absolute Gasteiger partial charge is 0.212 e. The minimum atomic E-state index is 0.675. The fourth-order valence-electron chi connectivity index (χ4n) is 2.01. The minimum Gasteiger partial charge on any atom is -0.218 e. The van der Waals surface area contributed by atoms with E-state index < -0.39 is 0 Å². The molecule has 0 aliphatic heterocycles. The first-order valence-electron chi connectivity index (χ1n) is 5.80. The maximum Gasteiger partial charge on any atom is 0.212 e. The van der Waals surface area contributed by atoms with Crippen LogP contribution in [0.3, 0.4) is 0 Å². The molecule has 3 nitrogen and oxygen atoms in total. The monoisotopic (exact) mass is 277 g/mol. The van der Waals surface area contributed by atoms with E-state index in [0.717, 1.165) is 33.0 Å². The maximum absolute atomic E-state index is 6.36. The van der Waals surface area contributed by atoms with E-state index in [9.17, 15) is 0 Å². The predicted octanol–water partition coefficient (Wildman–Crippen LogP) is 4.01. The van der Waals surface area contributed by atoms with Gasteiger partial charge in [0.2, 0.25) is 5.13 Å². The number of aryl methyl sites for hydroxylation is 1. The Balaban J connectivity index is 2.20. The average Bonchev–Trinajstić information content (AvgIpc) is 2.90. The standard InChI is InChI=1S/C13H12ClN3S/c1-3-9-8(2)16-17(12(9)14)13-15-10-6-4-5-7-11(10)18-13/h4-7H,3H2,1-2H3. The van der Waals surface area contributed by atoms with Crippen LogP contribution in [-0.4, -0.2) is 14.8 Å². The highest BCUT2D eigenvalue weighted by atomic mass is 35.5. The summed E-state index contributed by atoms with van der Waals surface area (Å²) in [6, 6.07) is 8.05. The highest BCUT2D eigenvalue weighted by Gasteiger charge is 2.15. The van der Waals surface area contributed by atoms with Crippen molar-refractivity contribution in [3.63, 3.8) is 0 Å². The first-order chi connectivity index (χ1) is 8.70. The van der Waals surface area contributed by atoms with Gasteiger partial charge in [0, 0.05) is 5.56 Å². The average molecular weight is 278 g/mol. The number of rotatable bonds is 2. The second-order valence-corrected chi connectivity index (χ2v) is 5.45. The Morgan fingerprint density at radius 1 is 1.33 bits per heavy atom. The number of thiazole rings is 1. The van der Waals surface area contributed by atoms with E-state index in [-0.39, 0.29) is 0 Å². The molecule has 0 bridgehead atoms. The lowest BCUT2D eigenvalue weighted by Gasteiger charge is -1.96. The summed E-state index contributed by atoms with van der Waals surface area (Å²) >= 11 is 7.96. The Labute approximate surface area is 114 Å². The molecule has 0 aliphatic carbocycles. The Kier molecular flexibility index (Phi) is 2.84. The number of benzene rings is 1. The molecule has 0 N–H and O–H groups in total. The van der Waals surface area contributed by atoms with Gasteiger partial charge in [0.15, 0.2) is 0 Å². The van der Waals surface area contributed by atoms with Crippen LogP contribution in [-0.2, 0) is 6.42 Å². The lowest BCUT2D eigenvalue weighted by atomic mass is 10.2. The molecule has 0 saturated heterocycles. The molecule has 3 aromatic rings. The van der Waals surface area contributed by atoms with Gasteiger partial charge in [-0.25, -0.2) is 4.98 Å². The quantitative estimate of drug-likeness (QED) is 0.709. The predicted molar refractivity (Wildman–Crippen MR) is 75.9 cm³/mol. The van der Waals surface area contributed by atoms with Gasteiger partial charge in [-0.05, 0) is 25.5 Å². The molecule has 0 saturated carbocycles.